The number of nitrogens with zero attached hydrogens (tertiary/aromatic N) is 2. The standard InChI is InChI=1S/C22H36N4O3.HI/c1-4-23-21(24-16-18-7-8-19(27-2)15-20(18)28-3)25-17-22(9-13-29-14-10-22)26-11-5-6-12-26;/h7-8,15H,4-6,9-14,16-17H2,1-3H3,(H2,23,24,25);1H. The molecule has 2 fully saturated rings. The van der Waals surface area contributed by atoms with Gasteiger partial charge in [-0.25, -0.2) is 4.99 Å². The second-order valence-corrected chi connectivity index (χ2v) is 7.76. The van der Waals surface area contributed by atoms with Crippen molar-refractivity contribution < 1.29 is 14.2 Å². The lowest BCUT2D eigenvalue weighted by molar-refractivity contribution is -0.0164. The van der Waals surface area contributed by atoms with Crippen LogP contribution in [0.4, 0.5) is 0 Å². The van der Waals surface area contributed by atoms with E-state index in [1.54, 1.807) is 14.2 Å². The number of benzene rings is 1. The van der Waals surface area contributed by atoms with E-state index in [-0.39, 0.29) is 29.5 Å². The average molecular weight is 532 g/mol. The highest BCUT2D eigenvalue weighted by atomic mass is 127. The van der Waals surface area contributed by atoms with Gasteiger partial charge in [0.2, 0.25) is 0 Å². The molecule has 7 nitrogen and oxygen atoms in total. The molecule has 2 aliphatic rings. The molecule has 0 aliphatic carbocycles. The quantitative estimate of drug-likeness (QED) is 0.305. The van der Waals surface area contributed by atoms with Gasteiger partial charge in [0.05, 0.1) is 20.8 Å². The highest BCUT2D eigenvalue weighted by Crippen LogP contribution is 2.31. The summed E-state index contributed by atoms with van der Waals surface area (Å²) in [6.45, 7) is 8.42. The van der Waals surface area contributed by atoms with Crippen molar-refractivity contribution in [1.82, 2.24) is 15.5 Å². The molecule has 0 unspecified atom stereocenters. The molecular weight excluding hydrogens is 495 g/mol. The summed E-state index contributed by atoms with van der Waals surface area (Å²) in [5.41, 5.74) is 1.20. The topological polar surface area (TPSA) is 67.4 Å². The minimum absolute atomic E-state index is 0. The van der Waals surface area contributed by atoms with Crippen LogP contribution >= 0.6 is 24.0 Å². The smallest absolute Gasteiger partial charge is 0.191 e. The number of hydrogen-bond donors (Lipinski definition) is 2. The highest BCUT2D eigenvalue weighted by Gasteiger charge is 2.39. The molecule has 3 rings (SSSR count). The maximum absolute atomic E-state index is 5.66. The monoisotopic (exact) mass is 532 g/mol. The molecule has 2 heterocycles. The van der Waals surface area contributed by atoms with Gasteiger partial charge in [-0.15, -0.1) is 24.0 Å². The van der Waals surface area contributed by atoms with Crippen LogP contribution < -0.4 is 20.1 Å². The molecule has 2 aliphatic heterocycles. The predicted octanol–water partition coefficient (Wildman–Crippen LogP) is 3.02. The van der Waals surface area contributed by atoms with Crippen LogP contribution in [0.3, 0.4) is 0 Å². The number of methoxy groups -OCH3 is 2. The zero-order valence-electron chi connectivity index (χ0n) is 18.5. The Hall–Kier alpha value is -1.26. The second-order valence-electron chi connectivity index (χ2n) is 7.76. The first-order valence-corrected chi connectivity index (χ1v) is 10.8. The summed E-state index contributed by atoms with van der Waals surface area (Å²) in [5.74, 6) is 2.42. The lowest BCUT2D eigenvalue weighted by atomic mass is 9.88. The average Bonchev–Trinajstić information content (AvgIpc) is 3.32. The minimum Gasteiger partial charge on any atom is -0.497 e. The van der Waals surface area contributed by atoms with E-state index in [1.165, 1.54) is 25.9 Å². The number of guanidine groups is 1. The molecule has 8 heteroatoms. The maximum Gasteiger partial charge on any atom is 0.191 e. The molecule has 0 amide bonds. The first-order valence-electron chi connectivity index (χ1n) is 10.8. The summed E-state index contributed by atoms with van der Waals surface area (Å²) in [4.78, 5) is 7.48. The van der Waals surface area contributed by atoms with Crippen molar-refractivity contribution in [2.24, 2.45) is 4.99 Å². The Morgan fingerprint density at radius 1 is 1.13 bits per heavy atom. The van der Waals surface area contributed by atoms with Crippen molar-refractivity contribution in [2.75, 3.05) is 53.6 Å². The number of nitrogens with one attached hydrogen (secondary N) is 2. The van der Waals surface area contributed by atoms with Gasteiger partial charge in [0.15, 0.2) is 5.96 Å². The van der Waals surface area contributed by atoms with Crippen LogP contribution in [-0.2, 0) is 11.3 Å². The molecule has 2 saturated heterocycles. The van der Waals surface area contributed by atoms with Crippen LogP contribution in [0.15, 0.2) is 23.2 Å². The van der Waals surface area contributed by atoms with Crippen LogP contribution in [0.1, 0.15) is 38.2 Å². The predicted molar refractivity (Wildman–Crippen MR) is 131 cm³/mol. The number of hydrogen-bond acceptors (Lipinski definition) is 5. The SMILES string of the molecule is CCNC(=NCc1ccc(OC)cc1OC)NCC1(N2CCCC2)CCOCC1.I. The van der Waals surface area contributed by atoms with Crippen molar-refractivity contribution in [3.8, 4) is 11.5 Å². The van der Waals surface area contributed by atoms with Crippen LogP contribution in [0.2, 0.25) is 0 Å². The van der Waals surface area contributed by atoms with E-state index in [2.05, 4.69) is 22.5 Å². The Morgan fingerprint density at radius 2 is 1.87 bits per heavy atom. The largest absolute Gasteiger partial charge is 0.497 e. The molecular formula is C22H37IN4O3. The Balaban J connectivity index is 0.00000320. The number of rotatable bonds is 8. The Bertz CT molecular complexity index is 674. The van der Waals surface area contributed by atoms with E-state index in [4.69, 9.17) is 19.2 Å². The van der Waals surface area contributed by atoms with Gasteiger partial charge >= 0.3 is 0 Å². The molecule has 2 N–H and O–H groups in total. The molecule has 0 spiro atoms. The van der Waals surface area contributed by atoms with Gasteiger partial charge in [-0.3, -0.25) is 4.90 Å². The van der Waals surface area contributed by atoms with E-state index < -0.39 is 0 Å². The summed E-state index contributed by atoms with van der Waals surface area (Å²) in [6, 6.07) is 5.85. The third-order valence-corrected chi connectivity index (χ3v) is 6.03. The lowest BCUT2D eigenvalue weighted by Crippen LogP contribution is -2.58. The van der Waals surface area contributed by atoms with Gasteiger partial charge < -0.3 is 24.8 Å². The Morgan fingerprint density at radius 3 is 2.50 bits per heavy atom. The zero-order chi connectivity index (χ0) is 20.5. The molecule has 0 atom stereocenters. The number of aliphatic imine (C=N–C) groups is 1. The fourth-order valence-electron chi connectivity index (χ4n) is 4.28. The Kier molecular flexibility index (Phi) is 10.5. The van der Waals surface area contributed by atoms with Crippen molar-refractivity contribution in [3.05, 3.63) is 23.8 Å². The number of likely N-dealkylation sites (tertiary alicyclic amines) is 1. The van der Waals surface area contributed by atoms with Crippen molar-refractivity contribution >= 4 is 29.9 Å². The molecule has 0 radical (unpaired) electrons. The van der Waals surface area contributed by atoms with Crippen LogP contribution in [-0.4, -0.2) is 70.0 Å². The van der Waals surface area contributed by atoms with E-state index in [1.807, 2.05) is 18.2 Å². The first-order chi connectivity index (χ1) is 14.2. The minimum atomic E-state index is 0. The van der Waals surface area contributed by atoms with E-state index in [0.717, 1.165) is 62.2 Å². The highest BCUT2D eigenvalue weighted by molar-refractivity contribution is 14.0. The molecule has 30 heavy (non-hydrogen) atoms. The first kappa shape index (κ1) is 25.0. The van der Waals surface area contributed by atoms with Gasteiger partial charge in [-0.2, -0.15) is 0 Å². The summed E-state index contributed by atoms with van der Waals surface area (Å²) in [6.07, 6.45) is 4.75. The molecule has 0 bridgehead atoms. The van der Waals surface area contributed by atoms with Gasteiger partial charge in [-0.05, 0) is 57.8 Å². The normalized spacial score (nSPS) is 19.1. The van der Waals surface area contributed by atoms with Gasteiger partial charge in [0.25, 0.3) is 0 Å². The second kappa shape index (κ2) is 12.6. The van der Waals surface area contributed by atoms with E-state index >= 15 is 0 Å². The summed E-state index contributed by atoms with van der Waals surface area (Å²) in [5, 5.41) is 7.00. The van der Waals surface area contributed by atoms with Crippen LogP contribution in [0, 0.1) is 0 Å². The number of ether oxygens (including phenoxy) is 3. The molecule has 1 aromatic carbocycles. The molecule has 0 saturated carbocycles. The fraction of sp³-hybridized carbons (Fsp3) is 0.682. The Labute approximate surface area is 197 Å². The van der Waals surface area contributed by atoms with Gasteiger partial charge in [0, 0.05) is 43.5 Å². The third kappa shape index (κ3) is 6.37. The van der Waals surface area contributed by atoms with Crippen LogP contribution in [0.25, 0.3) is 0 Å². The molecule has 1 aromatic rings. The summed E-state index contributed by atoms with van der Waals surface area (Å²) < 4.78 is 16.5. The number of halogens is 1. The van der Waals surface area contributed by atoms with Crippen molar-refractivity contribution in [1.29, 1.82) is 0 Å². The molecule has 0 aromatic heterocycles. The van der Waals surface area contributed by atoms with Gasteiger partial charge in [0.1, 0.15) is 11.5 Å². The lowest BCUT2D eigenvalue weighted by Gasteiger charge is -2.45. The summed E-state index contributed by atoms with van der Waals surface area (Å²) in [7, 11) is 3.34. The molecule has 170 valence electrons. The van der Waals surface area contributed by atoms with Crippen molar-refractivity contribution in [2.45, 2.75) is 44.7 Å². The zero-order valence-corrected chi connectivity index (χ0v) is 20.9. The maximum atomic E-state index is 5.66. The van der Waals surface area contributed by atoms with Crippen molar-refractivity contribution in [3.63, 3.8) is 0 Å². The van der Waals surface area contributed by atoms with Gasteiger partial charge in [-0.1, -0.05) is 0 Å². The fourth-order valence-corrected chi connectivity index (χ4v) is 4.28. The third-order valence-electron chi connectivity index (χ3n) is 6.03. The van der Waals surface area contributed by atoms with E-state index in [9.17, 15) is 0 Å². The van der Waals surface area contributed by atoms with E-state index in [0.29, 0.717) is 6.54 Å². The van der Waals surface area contributed by atoms with Crippen LogP contribution in [0.5, 0.6) is 11.5 Å². The summed E-state index contributed by atoms with van der Waals surface area (Å²) >= 11 is 0.